The Balaban J connectivity index is 1.61. The lowest BCUT2D eigenvalue weighted by atomic mass is 10.0. The first kappa shape index (κ1) is 22.0. The molecule has 4 aromatic rings. The largest absolute Gasteiger partial charge is 0.396 e. The van der Waals surface area contributed by atoms with Gasteiger partial charge in [-0.15, -0.1) is 8.98 Å². The van der Waals surface area contributed by atoms with Crippen molar-refractivity contribution in [2.75, 3.05) is 11.1 Å². The molecule has 0 aliphatic carbocycles. The summed E-state index contributed by atoms with van der Waals surface area (Å²) in [6.07, 6.45) is 1.35. The summed E-state index contributed by atoms with van der Waals surface area (Å²) in [6.45, 7) is 0. The second-order valence-corrected chi connectivity index (χ2v) is 8.31. The maximum Gasteiger partial charge on any atom is 0.332 e. The van der Waals surface area contributed by atoms with Crippen LogP contribution in [0.4, 0.5) is 19.7 Å². The summed E-state index contributed by atoms with van der Waals surface area (Å²) in [5, 5.41) is 10.5. The van der Waals surface area contributed by atoms with Gasteiger partial charge in [-0.05, 0) is 48.0 Å². The van der Waals surface area contributed by atoms with E-state index in [1.165, 1.54) is 48.7 Å². The SMILES string of the molecule is Nc1cc(-c2nnccc2C(=O)Nc2ccc(-c3ccccc3S(=O)(=O)F)cc2)ccc1F. The summed E-state index contributed by atoms with van der Waals surface area (Å²) < 4.78 is 50.0. The maximum absolute atomic E-state index is 13.6. The molecule has 0 saturated heterocycles. The van der Waals surface area contributed by atoms with Crippen LogP contribution in [0.5, 0.6) is 0 Å². The molecule has 3 aromatic carbocycles. The van der Waals surface area contributed by atoms with Gasteiger partial charge in [-0.25, -0.2) is 4.39 Å². The van der Waals surface area contributed by atoms with E-state index in [0.717, 1.165) is 0 Å². The lowest BCUT2D eigenvalue weighted by Crippen LogP contribution is -2.14. The van der Waals surface area contributed by atoms with Gasteiger partial charge in [-0.1, -0.05) is 30.3 Å². The van der Waals surface area contributed by atoms with Gasteiger partial charge in [-0.2, -0.15) is 13.5 Å². The van der Waals surface area contributed by atoms with E-state index in [1.807, 2.05) is 0 Å². The van der Waals surface area contributed by atoms with Gasteiger partial charge < -0.3 is 11.1 Å². The third kappa shape index (κ3) is 4.70. The van der Waals surface area contributed by atoms with Crippen molar-refractivity contribution in [3.63, 3.8) is 0 Å². The van der Waals surface area contributed by atoms with Gasteiger partial charge in [0.15, 0.2) is 0 Å². The van der Waals surface area contributed by atoms with Gasteiger partial charge in [0.25, 0.3) is 5.91 Å². The number of nitrogen functional groups attached to an aromatic ring is 1. The first-order valence-electron chi connectivity index (χ1n) is 9.56. The molecule has 0 atom stereocenters. The zero-order chi connectivity index (χ0) is 23.6. The van der Waals surface area contributed by atoms with E-state index in [9.17, 15) is 21.5 Å². The van der Waals surface area contributed by atoms with Crippen LogP contribution in [-0.2, 0) is 10.2 Å². The number of hydrogen-bond acceptors (Lipinski definition) is 6. The van der Waals surface area contributed by atoms with Gasteiger partial charge in [0.2, 0.25) is 0 Å². The third-order valence-electron chi connectivity index (χ3n) is 4.84. The Morgan fingerprint density at radius 2 is 1.64 bits per heavy atom. The lowest BCUT2D eigenvalue weighted by Gasteiger charge is -2.11. The molecular formula is C23H16F2N4O3S. The summed E-state index contributed by atoms with van der Waals surface area (Å²) in [7, 11) is -4.90. The predicted molar refractivity (Wildman–Crippen MR) is 120 cm³/mol. The molecule has 0 saturated carbocycles. The fourth-order valence-corrected chi connectivity index (χ4v) is 3.96. The molecule has 7 nitrogen and oxygen atoms in total. The molecule has 0 aliphatic rings. The second kappa shape index (κ2) is 8.75. The molecule has 1 aromatic heterocycles. The monoisotopic (exact) mass is 466 g/mol. The Morgan fingerprint density at radius 3 is 2.33 bits per heavy atom. The lowest BCUT2D eigenvalue weighted by molar-refractivity contribution is 0.102. The average molecular weight is 466 g/mol. The number of nitrogens with zero attached hydrogens (tertiary/aromatic N) is 2. The third-order valence-corrected chi connectivity index (χ3v) is 5.72. The molecule has 1 amide bonds. The number of aromatic nitrogens is 2. The Bertz CT molecular complexity index is 1460. The van der Waals surface area contributed by atoms with Gasteiger partial charge in [0, 0.05) is 16.8 Å². The van der Waals surface area contributed by atoms with Gasteiger partial charge in [0.1, 0.15) is 16.4 Å². The number of halogens is 2. The number of anilines is 2. The average Bonchev–Trinajstić information content (AvgIpc) is 2.81. The topological polar surface area (TPSA) is 115 Å². The van der Waals surface area contributed by atoms with Crippen LogP contribution in [0, 0.1) is 5.82 Å². The highest BCUT2D eigenvalue weighted by Gasteiger charge is 2.19. The minimum atomic E-state index is -4.90. The van der Waals surface area contributed by atoms with Crippen LogP contribution in [0.15, 0.2) is 83.9 Å². The molecule has 3 N–H and O–H groups in total. The summed E-state index contributed by atoms with van der Waals surface area (Å²) in [6, 6.07) is 17.4. The summed E-state index contributed by atoms with van der Waals surface area (Å²) in [5.74, 6) is -1.09. The van der Waals surface area contributed by atoms with E-state index in [4.69, 9.17) is 5.73 Å². The molecule has 0 radical (unpaired) electrons. The van der Waals surface area contributed by atoms with E-state index in [1.54, 1.807) is 30.3 Å². The van der Waals surface area contributed by atoms with E-state index in [0.29, 0.717) is 16.8 Å². The van der Waals surface area contributed by atoms with E-state index >= 15 is 0 Å². The zero-order valence-corrected chi connectivity index (χ0v) is 17.7. The van der Waals surface area contributed by atoms with Crippen LogP contribution in [0.25, 0.3) is 22.4 Å². The van der Waals surface area contributed by atoms with Gasteiger partial charge >= 0.3 is 10.2 Å². The zero-order valence-electron chi connectivity index (χ0n) is 16.9. The molecule has 0 spiro atoms. The number of nitrogens with two attached hydrogens (primary N) is 1. The molecule has 0 fully saturated rings. The van der Waals surface area contributed by atoms with Crippen molar-refractivity contribution in [2.45, 2.75) is 4.90 Å². The molecule has 33 heavy (non-hydrogen) atoms. The highest BCUT2D eigenvalue weighted by molar-refractivity contribution is 7.86. The number of benzene rings is 3. The van der Waals surface area contributed by atoms with Crippen molar-refractivity contribution in [3.05, 3.63) is 90.4 Å². The molecule has 0 aliphatic heterocycles. The number of hydrogen-bond donors (Lipinski definition) is 2. The number of rotatable bonds is 5. The van der Waals surface area contributed by atoms with E-state index < -0.39 is 26.8 Å². The Hall–Kier alpha value is -4.18. The van der Waals surface area contributed by atoms with Crippen molar-refractivity contribution in [3.8, 4) is 22.4 Å². The molecular weight excluding hydrogens is 450 g/mol. The fraction of sp³-hybridized carbons (Fsp3) is 0. The van der Waals surface area contributed by atoms with Crippen LogP contribution in [0.2, 0.25) is 0 Å². The van der Waals surface area contributed by atoms with E-state index in [2.05, 4.69) is 15.5 Å². The molecule has 1 heterocycles. The Labute approximate surface area is 188 Å². The number of amides is 1. The highest BCUT2D eigenvalue weighted by Crippen LogP contribution is 2.30. The smallest absolute Gasteiger partial charge is 0.332 e. The number of carbonyl (C=O) groups excluding carboxylic acids is 1. The molecule has 166 valence electrons. The molecule has 0 bridgehead atoms. The first-order chi connectivity index (χ1) is 15.7. The molecule has 0 unspecified atom stereocenters. The van der Waals surface area contributed by atoms with Crippen LogP contribution < -0.4 is 11.1 Å². The quantitative estimate of drug-likeness (QED) is 0.332. The predicted octanol–water partition coefficient (Wildman–Crippen LogP) is 4.44. The number of nitrogens with one attached hydrogen (secondary N) is 1. The second-order valence-electron chi connectivity index (χ2n) is 7.00. The molecule has 4 rings (SSSR count). The van der Waals surface area contributed by atoms with Gasteiger partial charge in [0.05, 0.1) is 17.4 Å². The van der Waals surface area contributed by atoms with Crippen LogP contribution in [0.1, 0.15) is 10.4 Å². The minimum Gasteiger partial charge on any atom is -0.396 e. The normalized spacial score (nSPS) is 11.2. The summed E-state index contributed by atoms with van der Waals surface area (Å²) >= 11 is 0. The number of carbonyl (C=O) groups is 1. The van der Waals surface area contributed by atoms with Crippen molar-refractivity contribution >= 4 is 27.5 Å². The fourth-order valence-electron chi connectivity index (χ4n) is 3.27. The molecule has 10 heteroatoms. The van der Waals surface area contributed by atoms with Crippen molar-refractivity contribution in [1.82, 2.24) is 10.2 Å². The van der Waals surface area contributed by atoms with Crippen molar-refractivity contribution < 1.29 is 21.5 Å². The van der Waals surface area contributed by atoms with Crippen LogP contribution in [0.3, 0.4) is 0 Å². The Morgan fingerprint density at radius 1 is 0.939 bits per heavy atom. The first-order valence-corrected chi connectivity index (χ1v) is 10.9. The summed E-state index contributed by atoms with van der Waals surface area (Å²) in [4.78, 5) is 12.5. The van der Waals surface area contributed by atoms with E-state index in [-0.39, 0.29) is 22.5 Å². The van der Waals surface area contributed by atoms with Crippen LogP contribution >= 0.6 is 0 Å². The maximum atomic E-state index is 13.6. The van der Waals surface area contributed by atoms with Crippen molar-refractivity contribution in [1.29, 1.82) is 0 Å². The van der Waals surface area contributed by atoms with Crippen LogP contribution in [-0.4, -0.2) is 24.5 Å². The van der Waals surface area contributed by atoms with Gasteiger partial charge in [-0.3, -0.25) is 4.79 Å². The Kier molecular flexibility index (Phi) is 5.84. The summed E-state index contributed by atoms with van der Waals surface area (Å²) in [5.41, 5.74) is 7.43. The minimum absolute atomic E-state index is 0.0873. The standard InChI is InChI=1S/C23H16F2N4O3S/c24-19-10-7-15(13-20(19)26)22-18(11-12-27-29-22)23(30)28-16-8-5-14(6-9-16)17-3-1-2-4-21(17)33(25,31)32/h1-13H,26H2,(H,28,30). The van der Waals surface area contributed by atoms with Crippen molar-refractivity contribution in [2.24, 2.45) is 0 Å². The highest BCUT2D eigenvalue weighted by atomic mass is 32.3.